The van der Waals surface area contributed by atoms with Crippen molar-refractivity contribution >= 4 is 22.4 Å². The van der Waals surface area contributed by atoms with E-state index in [0.717, 1.165) is 23.4 Å². The molecule has 23 heavy (non-hydrogen) atoms. The first-order valence-electron chi connectivity index (χ1n) is 7.62. The summed E-state index contributed by atoms with van der Waals surface area (Å²) in [6, 6.07) is 14.7. The van der Waals surface area contributed by atoms with E-state index in [0.29, 0.717) is 18.7 Å². The molecule has 0 aliphatic heterocycles. The molecule has 6 heteroatoms. The molecule has 0 radical (unpaired) electrons. The number of nitrogens with one attached hydrogen (secondary N) is 1. The summed E-state index contributed by atoms with van der Waals surface area (Å²) >= 11 is 0. The number of hydrogen-bond donors (Lipinski definition) is 1. The molecule has 3 rings (SSSR count). The number of aromatic nitrogens is 2. The lowest BCUT2D eigenvalue weighted by molar-refractivity contribution is -0.384. The van der Waals surface area contributed by atoms with Gasteiger partial charge in [0.1, 0.15) is 11.5 Å². The van der Waals surface area contributed by atoms with Crippen molar-refractivity contribution in [1.82, 2.24) is 9.55 Å². The summed E-state index contributed by atoms with van der Waals surface area (Å²) in [7, 11) is 0. The number of benzene rings is 2. The zero-order valence-corrected chi connectivity index (χ0v) is 12.9. The van der Waals surface area contributed by atoms with Gasteiger partial charge in [0.25, 0.3) is 5.69 Å². The largest absolute Gasteiger partial charge is 0.379 e. The van der Waals surface area contributed by atoms with Crippen LogP contribution in [0.1, 0.15) is 12.7 Å². The molecule has 3 aromatic rings. The van der Waals surface area contributed by atoms with Gasteiger partial charge in [-0.3, -0.25) is 10.1 Å². The summed E-state index contributed by atoms with van der Waals surface area (Å²) in [6.07, 6.45) is 0.703. The molecule has 118 valence electrons. The highest BCUT2D eigenvalue weighted by Crippen LogP contribution is 2.23. The molecule has 0 unspecified atom stereocenters. The number of anilines is 1. The van der Waals surface area contributed by atoms with E-state index in [2.05, 4.69) is 27.9 Å². The Bertz CT molecular complexity index is 841. The topological polar surface area (TPSA) is 73.0 Å². The van der Waals surface area contributed by atoms with Gasteiger partial charge in [0.2, 0.25) is 0 Å². The summed E-state index contributed by atoms with van der Waals surface area (Å²) in [5, 5.41) is 14.2. The molecule has 1 heterocycles. The summed E-state index contributed by atoms with van der Waals surface area (Å²) in [5.41, 5.74) is 2.74. The molecular formula is C17H18N4O2. The second-order valence-corrected chi connectivity index (χ2v) is 5.21. The van der Waals surface area contributed by atoms with Crippen LogP contribution in [0.15, 0.2) is 48.5 Å². The zero-order valence-electron chi connectivity index (χ0n) is 12.9. The van der Waals surface area contributed by atoms with Crippen molar-refractivity contribution in [2.45, 2.75) is 19.9 Å². The minimum absolute atomic E-state index is 0.0940. The smallest absolute Gasteiger partial charge is 0.292 e. The molecule has 0 amide bonds. The first kappa shape index (κ1) is 15.0. The number of hydrogen-bond acceptors (Lipinski definition) is 4. The lowest BCUT2D eigenvalue weighted by atomic mass is 10.2. The number of rotatable bonds is 6. The predicted octanol–water partition coefficient (Wildman–Crippen LogP) is 3.62. The maximum Gasteiger partial charge on any atom is 0.292 e. The molecular weight excluding hydrogens is 292 g/mol. The van der Waals surface area contributed by atoms with E-state index in [9.17, 15) is 10.1 Å². The van der Waals surface area contributed by atoms with Crippen molar-refractivity contribution in [3.8, 4) is 0 Å². The molecule has 0 aliphatic carbocycles. The van der Waals surface area contributed by atoms with Crippen LogP contribution >= 0.6 is 0 Å². The van der Waals surface area contributed by atoms with Gasteiger partial charge in [-0.2, -0.15) is 0 Å². The predicted molar refractivity (Wildman–Crippen MR) is 90.7 cm³/mol. The first-order chi connectivity index (χ1) is 11.2. The molecule has 0 spiro atoms. The summed E-state index contributed by atoms with van der Waals surface area (Å²) in [6.45, 7) is 3.53. The molecule has 1 aromatic heterocycles. The Kier molecular flexibility index (Phi) is 4.23. The Morgan fingerprint density at radius 1 is 1.17 bits per heavy atom. The van der Waals surface area contributed by atoms with Gasteiger partial charge in [-0.05, 0) is 25.1 Å². The highest BCUT2D eigenvalue weighted by molar-refractivity contribution is 5.75. The minimum atomic E-state index is -0.371. The maximum absolute atomic E-state index is 11.0. The van der Waals surface area contributed by atoms with Gasteiger partial charge in [0.15, 0.2) is 0 Å². The number of nitro benzene ring substituents is 1. The second-order valence-electron chi connectivity index (χ2n) is 5.21. The van der Waals surface area contributed by atoms with Gasteiger partial charge in [-0.1, -0.05) is 24.3 Å². The standard InChI is InChI=1S/C17H18N4O2/c1-2-20-15-9-5-4-8-14(15)19-17(20)11-12-18-13-7-3-6-10-16(13)21(22)23/h3-10,18H,2,11-12H2,1H3. The third-order valence-corrected chi connectivity index (χ3v) is 3.81. The summed E-state index contributed by atoms with van der Waals surface area (Å²) in [5.74, 6) is 0.986. The number of nitro groups is 1. The van der Waals surface area contributed by atoms with E-state index in [4.69, 9.17) is 0 Å². The van der Waals surface area contributed by atoms with Crippen molar-refractivity contribution in [2.75, 3.05) is 11.9 Å². The third-order valence-electron chi connectivity index (χ3n) is 3.81. The third kappa shape index (κ3) is 3.01. The van der Waals surface area contributed by atoms with Crippen LogP contribution in [-0.4, -0.2) is 21.0 Å². The summed E-state index contributed by atoms with van der Waals surface area (Å²) < 4.78 is 2.18. The molecule has 0 saturated heterocycles. The molecule has 0 fully saturated rings. The van der Waals surface area contributed by atoms with Crippen molar-refractivity contribution in [2.24, 2.45) is 0 Å². The van der Waals surface area contributed by atoms with Gasteiger partial charge < -0.3 is 9.88 Å². The van der Waals surface area contributed by atoms with E-state index in [1.165, 1.54) is 6.07 Å². The van der Waals surface area contributed by atoms with Crippen molar-refractivity contribution in [3.63, 3.8) is 0 Å². The van der Waals surface area contributed by atoms with Crippen LogP contribution in [0.25, 0.3) is 11.0 Å². The fourth-order valence-corrected chi connectivity index (χ4v) is 2.76. The van der Waals surface area contributed by atoms with Gasteiger partial charge >= 0.3 is 0 Å². The maximum atomic E-state index is 11.0. The Morgan fingerprint density at radius 3 is 2.70 bits per heavy atom. The van der Waals surface area contributed by atoms with E-state index >= 15 is 0 Å². The van der Waals surface area contributed by atoms with Crippen LogP contribution in [0.4, 0.5) is 11.4 Å². The van der Waals surface area contributed by atoms with Gasteiger partial charge in [0.05, 0.1) is 16.0 Å². The Hall–Kier alpha value is -2.89. The lowest BCUT2D eigenvalue weighted by Crippen LogP contribution is -2.11. The molecule has 1 N–H and O–H groups in total. The fourth-order valence-electron chi connectivity index (χ4n) is 2.76. The normalized spacial score (nSPS) is 10.8. The molecule has 2 aromatic carbocycles. The van der Waals surface area contributed by atoms with Gasteiger partial charge in [-0.25, -0.2) is 4.98 Å². The Labute approximate surface area is 133 Å². The average molecular weight is 310 g/mol. The van der Waals surface area contributed by atoms with Gasteiger partial charge in [-0.15, -0.1) is 0 Å². The Balaban J connectivity index is 1.76. The van der Waals surface area contributed by atoms with Crippen molar-refractivity contribution in [3.05, 3.63) is 64.5 Å². The van der Waals surface area contributed by atoms with E-state index < -0.39 is 0 Å². The fraction of sp³-hybridized carbons (Fsp3) is 0.235. The van der Waals surface area contributed by atoms with Crippen LogP contribution < -0.4 is 5.32 Å². The Morgan fingerprint density at radius 2 is 1.91 bits per heavy atom. The number of para-hydroxylation sites is 4. The molecule has 0 bridgehead atoms. The second kappa shape index (κ2) is 6.48. The number of imidazole rings is 1. The number of aryl methyl sites for hydroxylation is 1. The first-order valence-corrected chi connectivity index (χ1v) is 7.62. The minimum Gasteiger partial charge on any atom is -0.379 e. The van der Waals surface area contributed by atoms with Crippen LogP contribution in [-0.2, 0) is 13.0 Å². The van der Waals surface area contributed by atoms with E-state index in [1.807, 2.05) is 18.2 Å². The quantitative estimate of drug-likeness (QED) is 0.557. The van der Waals surface area contributed by atoms with E-state index in [1.54, 1.807) is 18.2 Å². The average Bonchev–Trinajstić information content (AvgIpc) is 2.92. The van der Waals surface area contributed by atoms with E-state index in [-0.39, 0.29) is 10.6 Å². The highest BCUT2D eigenvalue weighted by Gasteiger charge is 2.13. The van der Waals surface area contributed by atoms with Crippen LogP contribution in [0.5, 0.6) is 0 Å². The number of fused-ring (bicyclic) bond motifs is 1. The SMILES string of the molecule is CCn1c(CCNc2ccccc2[N+](=O)[O-])nc2ccccc21. The van der Waals surface area contributed by atoms with Crippen LogP contribution in [0.2, 0.25) is 0 Å². The summed E-state index contributed by atoms with van der Waals surface area (Å²) in [4.78, 5) is 15.3. The van der Waals surface area contributed by atoms with Gasteiger partial charge in [0, 0.05) is 25.6 Å². The van der Waals surface area contributed by atoms with Crippen LogP contribution in [0.3, 0.4) is 0 Å². The van der Waals surface area contributed by atoms with Crippen molar-refractivity contribution < 1.29 is 4.92 Å². The molecule has 6 nitrogen and oxygen atoms in total. The molecule has 0 atom stereocenters. The highest BCUT2D eigenvalue weighted by atomic mass is 16.6. The molecule has 0 saturated carbocycles. The molecule has 0 aliphatic rings. The lowest BCUT2D eigenvalue weighted by Gasteiger charge is -2.08. The number of nitrogens with zero attached hydrogens (tertiary/aromatic N) is 3. The van der Waals surface area contributed by atoms with Crippen molar-refractivity contribution in [1.29, 1.82) is 0 Å². The van der Waals surface area contributed by atoms with Crippen LogP contribution in [0, 0.1) is 10.1 Å². The zero-order chi connectivity index (χ0) is 16.2. The monoisotopic (exact) mass is 310 g/mol.